The molecule has 0 bridgehead atoms. The molecule has 2 aromatic rings. The van der Waals surface area contributed by atoms with Crippen LogP contribution in [0.25, 0.3) is 0 Å². The van der Waals surface area contributed by atoms with Gasteiger partial charge in [-0.25, -0.2) is 0 Å². The zero-order chi connectivity index (χ0) is 16.8. The van der Waals surface area contributed by atoms with E-state index >= 15 is 0 Å². The highest BCUT2D eigenvalue weighted by atomic mass is 32.2. The Labute approximate surface area is 147 Å². The maximum Gasteiger partial charge on any atom is 0.237 e. The number of rotatable bonds is 7. The van der Waals surface area contributed by atoms with Gasteiger partial charge >= 0.3 is 0 Å². The summed E-state index contributed by atoms with van der Waals surface area (Å²) in [4.78, 5) is 23.5. The predicted octanol–water partition coefficient (Wildman–Crippen LogP) is 3.97. The minimum Gasteiger partial charge on any atom is -0.325 e. The van der Waals surface area contributed by atoms with Gasteiger partial charge in [0.2, 0.25) is 5.91 Å². The lowest BCUT2D eigenvalue weighted by atomic mass is 10.1. The average molecular weight is 368 g/mol. The van der Waals surface area contributed by atoms with Crippen molar-refractivity contribution < 1.29 is 9.59 Å². The fraction of sp³-hybridized carbons (Fsp3) is 0.333. The molecule has 0 spiro atoms. The Morgan fingerprint density at radius 2 is 1.87 bits per heavy atom. The molecular weight excluding hydrogens is 350 g/mol. The summed E-state index contributed by atoms with van der Waals surface area (Å²) in [5.74, 6) is 0.847. The molecule has 0 saturated heterocycles. The van der Waals surface area contributed by atoms with Gasteiger partial charge in [-0.05, 0) is 43.9 Å². The fourth-order valence-corrected chi connectivity index (χ4v) is 4.72. The highest BCUT2D eigenvalue weighted by Gasteiger charge is 2.17. The topological polar surface area (TPSA) is 72.0 Å². The third-order valence-corrected chi connectivity index (χ3v) is 5.98. The molecule has 0 aliphatic carbocycles. The van der Waals surface area contributed by atoms with Gasteiger partial charge in [0.15, 0.2) is 14.5 Å². The van der Waals surface area contributed by atoms with Gasteiger partial charge in [0.25, 0.3) is 0 Å². The van der Waals surface area contributed by atoms with Crippen LogP contribution >= 0.6 is 34.9 Å². The molecule has 1 aromatic heterocycles. The van der Waals surface area contributed by atoms with Gasteiger partial charge in [0.05, 0.1) is 5.25 Å². The number of hydrogen-bond donors (Lipinski definition) is 1. The van der Waals surface area contributed by atoms with Crippen molar-refractivity contribution >= 4 is 52.2 Å². The van der Waals surface area contributed by atoms with Gasteiger partial charge in [-0.15, -0.1) is 10.2 Å². The molecule has 0 saturated carbocycles. The first-order chi connectivity index (χ1) is 11.0. The lowest BCUT2D eigenvalue weighted by Gasteiger charge is -2.10. The first kappa shape index (κ1) is 18.0. The van der Waals surface area contributed by atoms with E-state index in [1.54, 1.807) is 36.0 Å². The molecule has 0 fully saturated rings. The third-order valence-electron chi connectivity index (χ3n) is 2.86. The van der Waals surface area contributed by atoms with Crippen LogP contribution in [0, 0.1) is 0 Å². The standard InChI is InChI=1S/C15H17N3O2S3/c1-4-21-14-17-18-15(23-14)22-10(3)13(20)16-12-7-5-11(6-8-12)9(2)19/h5-8,10H,4H2,1-3H3,(H,16,20). The van der Waals surface area contributed by atoms with Crippen molar-refractivity contribution in [3.05, 3.63) is 29.8 Å². The first-order valence-electron chi connectivity index (χ1n) is 7.04. The quantitative estimate of drug-likeness (QED) is 0.590. The molecule has 1 heterocycles. The van der Waals surface area contributed by atoms with Crippen molar-refractivity contribution in [1.82, 2.24) is 10.2 Å². The van der Waals surface area contributed by atoms with Gasteiger partial charge in [-0.3, -0.25) is 9.59 Å². The van der Waals surface area contributed by atoms with E-state index in [4.69, 9.17) is 0 Å². The number of ketones is 1. The molecule has 0 aliphatic rings. The summed E-state index contributed by atoms with van der Waals surface area (Å²) in [7, 11) is 0. The SMILES string of the molecule is CCSc1nnc(SC(C)C(=O)Nc2ccc(C(C)=O)cc2)s1. The molecule has 1 aromatic carbocycles. The number of carbonyl (C=O) groups excluding carboxylic acids is 2. The molecule has 1 N–H and O–H groups in total. The Kier molecular flexibility index (Phi) is 6.61. The summed E-state index contributed by atoms with van der Waals surface area (Å²) in [6.45, 7) is 5.41. The van der Waals surface area contributed by atoms with E-state index in [1.165, 1.54) is 30.0 Å². The van der Waals surface area contributed by atoms with Crippen molar-refractivity contribution in [2.24, 2.45) is 0 Å². The Bertz CT molecular complexity index is 686. The zero-order valence-corrected chi connectivity index (χ0v) is 15.5. The second kappa shape index (κ2) is 8.47. The zero-order valence-electron chi connectivity index (χ0n) is 13.0. The number of amides is 1. The first-order valence-corrected chi connectivity index (χ1v) is 9.72. The molecule has 0 aliphatic heterocycles. The summed E-state index contributed by atoms with van der Waals surface area (Å²) >= 11 is 4.53. The molecule has 8 heteroatoms. The molecule has 1 unspecified atom stereocenters. The highest BCUT2D eigenvalue weighted by molar-refractivity contribution is 8.03. The van der Waals surface area contributed by atoms with Crippen molar-refractivity contribution in [2.45, 2.75) is 34.7 Å². The summed E-state index contributed by atoms with van der Waals surface area (Å²) in [6.07, 6.45) is 0. The summed E-state index contributed by atoms with van der Waals surface area (Å²) in [6, 6.07) is 6.86. The third kappa shape index (κ3) is 5.33. The highest BCUT2D eigenvalue weighted by Crippen LogP contribution is 2.31. The van der Waals surface area contributed by atoms with E-state index in [0.717, 1.165) is 14.4 Å². The van der Waals surface area contributed by atoms with Gasteiger partial charge in [0, 0.05) is 11.3 Å². The average Bonchev–Trinajstić information content (AvgIpc) is 2.95. The number of thioether (sulfide) groups is 2. The van der Waals surface area contributed by atoms with Gasteiger partial charge in [0.1, 0.15) is 0 Å². The molecule has 0 radical (unpaired) electrons. The molecule has 2 rings (SSSR count). The van der Waals surface area contributed by atoms with Crippen LogP contribution in [-0.2, 0) is 4.79 Å². The van der Waals surface area contributed by atoms with Crippen molar-refractivity contribution in [1.29, 1.82) is 0 Å². The number of hydrogen-bond acceptors (Lipinski definition) is 7. The van der Waals surface area contributed by atoms with Crippen LogP contribution in [0.4, 0.5) is 5.69 Å². The monoisotopic (exact) mass is 367 g/mol. The van der Waals surface area contributed by atoms with Crippen LogP contribution < -0.4 is 5.32 Å². The fourth-order valence-electron chi connectivity index (χ4n) is 1.66. The summed E-state index contributed by atoms with van der Waals surface area (Å²) in [5.41, 5.74) is 1.30. The van der Waals surface area contributed by atoms with E-state index in [1.807, 2.05) is 6.92 Å². The number of Topliss-reactive ketones (excluding diaryl/α,β-unsaturated/α-hetero) is 1. The second-order valence-corrected chi connectivity index (χ2v) is 8.73. The minimum absolute atomic E-state index is 0.00354. The number of nitrogens with zero attached hydrogens (tertiary/aromatic N) is 2. The van der Waals surface area contributed by atoms with E-state index < -0.39 is 0 Å². The maximum atomic E-state index is 12.2. The van der Waals surface area contributed by atoms with E-state index in [9.17, 15) is 9.59 Å². The largest absolute Gasteiger partial charge is 0.325 e. The molecule has 5 nitrogen and oxygen atoms in total. The number of anilines is 1. The van der Waals surface area contributed by atoms with Crippen molar-refractivity contribution in [3.63, 3.8) is 0 Å². The second-order valence-electron chi connectivity index (χ2n) is 4.65. The Morgan fingerprint density at radius 3 is 2.48 bits per heavy atom. The normalized spacial score (nSPS) is 12.0. The van der Waals surface area contributed by atoms with Gasteiger partial charge in [-0.1, -0.05) is 41.8 Å². The molecule has 1 atom stereocenters. The Balaban J connectivity index is 1.92. The maximum absolute atomic E-state index is 12.2. The van der Waals surface area contributed by atoms with Crippen molar-refractivity contribution in [3.8, 4) is 0 Å². The molecule has 122 valence electrons. The lowest BCUT2D eigenvalue weighted by molar-refractivity contribution is -0.115. The van der Waals surface area contributed by atoms with Crippen LogP contribution in [0.15, 0.2) is 32.9 Å². The molecular formula is C15H17N3O2S3. The summed E-state index contributed by atoms with van der Waals surface area (Å²) in [5, 5.41) is 10.7. The van der Waals surface area contributed by atoms with Crippen molar-refractivity contribution in [2.75, 3.05) is 11.1 Å². The Morgan fingerprint density at radius 1 is 1.22 bits per heavy atom. The van der Waals surface area contributed by atoms with E-state index in [0.29, 0.717) is 11.3 Å². The summed E-state index contributed by atoms with van der Waals surface area (Å²) < 4.78 is 1.71. The van der Waals surface area contributed by atoms with Crippen LogP contribution in [0.1, 0.15) is 31.1 Å². The smallest absolute Gasteiger partial charge is 0.237 e. The van der Waals surface area contributed by atoms with Gasteiger partial charge in [-0.2, -0.15) is 0 Å². The van der Waals surface area contributed by atoms with Crippen LogP contribution in [0.3, 0.4) is 0 Å². The van der Waals surface area contributed by atoms with Gasteiger partial charge < -0.3 is 5.32 Å². The minimum atomic E-state index is -0.282. The van der Waals surface area contributed by atoms with Crippen LogP contribution in [0.2, 0.25) is 0 Å². The van der Waals surface area contributed by atoms with E-state index in [2.05, 4.69) is 22.4 Å². The van der Waals surface area contributed by atoms with E-state index in [-0.39, 0.29) is 16.9 Å². The van der Waals surface area contributed by atoms with Crippen LogP contribution in [0.5, 0.6) is 0 Å². The molecule has 1 amide bonds. The molecule has 23 heavy (non-hydrogen) atoms. The number of aromatic nitrogens is 2. The van der Waals surface area contributed by atoms with Crippen LogP contribution in [-0.4, -0.2) is 32.9 Å². The number of benzene rings is 1. The predicted molar refractivity (Wildman–Crippen MR) is 96.7 cm³/mol. The number of nitrogens with one attached hydrogen (secondary N) is 1. The number of carbonyl (C=O) groups is 2. The Hall–Kier alpha value is -1.38. The lowest BCUT2D eigenvalue weighted by Crippen LogP contribution is -2.22.